The maximum atomic E-state index is 12.1. The summed E-state index contributed by atoms with van der Waals surface area (Å²) in [6.45, 7) is 2.22. The molecule has 110 valence electrons. The van der Waals surface area contributed by atoms with Crippen molar-refractivity contribution in [3.8, 4) is 0 Å². The van der Waals surface area contributed by atoms with Crippen molar-refractivity contribution in [3.63, 3.8) is 0 Å². The molecular weight excluding hydrogens is 282 g/mol. The third-order valence-corrected chi connectivity index (χ3v) is 4.63. The van der Waals surface area contributed by atoms with Gasteiger partial charge in [0.1, 0.15) is 0 Å². The van der Waals surface area contributed by atoms with E-state index < -0.39 is 0 Å². The van der Waals surface area contributed by atoms with E-state index in [-0.39, 0.29) is 5.97 Å². The smallest absolute Gasteiger partial charge is 0.340 e. The molecule has 1 aliphatic rings. The third kappa shape index (κ3) is 3.27. The molecule has 0 amide bonds. The highest BCUT2D eigenvalue weighted by Gasteiger charge is 2.33. The third-order valence-electron chi connectivity index (χ3n) is 3.68. The lowest BCUT2D eigenvalue weighted by Crippen LogP contribution is -2.15. The molecule has 1 fully saturated rings. The predicted molar refractivity (Wildman–Crippen MR) is 85.8 cm³/mol. The monoisotopic (exact) mass is 301 g/mol. The SMILES string of the molecule is CCOC(=O)c1ccccc1NC(c1cccs1)C1CC1. The number of nitrogens with one attached hydrogen (secondary N) is 1. The van der Waals surface area contributed by atoms with Crippen molar-refractivity contribution in [2.75, 3.05) is 11.9 Å². The van der Waals surface area contributed by atoms with E-state index in [4.69, 9.17) is 4.74 Å². The van der Waals surface area contributed by atoms with Gasteiger partial charge in [-0.25, -0.2) is 4.79 Å². The molecule has 1 saturated carbocycles. The Morgan fingerprint density at radius 2 is 2.14 bits per heavy atom. The Balaban J connectivity index is 1.84. The average molecular weight is 301 g/mol. The van der Waals surface area contributed by atoms with Crippen LogP contribution in [-0.4, -0.2) is 12.6 Å². The van der Waals surface area contributed by atoms with Crippen LogP contribution in [-0.2, 0) is 4.74 Å². The maximum absolute atomic E-state index is 12.1. The fraction of sp³-hybridized carbons (Fsp3) is 0.353. The van der Waals surface area contributed by atoms with E-state index in [9.17, 15) is 4.79 Å². The lowest BCUT2D eigenvalue weighted by atomic mass is 10.1. The van der Waals surface area contributed by atoms with Gasteiger partial charge in [-0.05, 0) is 49.3 Å². The lowest BCUT2D eigenvalue weighted by molar-refractivity contribution is 0.0527. The summed E-state index contributed by atoms with van der Waals surface area (Å²) in [4.78, 5) is 13.4. The molecule has 1 N–H and O–H groups in total. The quantitative estimate of drug-likeness (QED) is 0.799. The van der Waals surface area contributed by atoms with Crippen molar-refractivity contribution >= 4 is 23.0 Å². The summed E-state index contributed by atoms with van der Waals surface area (Å²) in [5.41, 5.74) is 1.47. The van der Waals surface area contributed by atoms with Crippen LogP contribution in [0.3, 0.4) is 0 Å². The number of esters is 1. The molecule has 0 spiro atoms. The number of hydrogen-bond acceptors (Lipinski definition) is 4. The van der Waals surface area contributed by atoms with Crippen molar-refractivity contribution in [2.45, 2.75) is 25.8 Å². The Labute approximate surface area is 129 Å². The van der Waals surface area contributed by atoms with E-state index in [1.54, 1.807) is 11.3 Å². The van der Waals surface area contributed by atoms with Gasteiger partial charge in [-0.2, -0.15) is 0 Å². The van der Waals surface area contributed by atoms with Gasteiger partial charge in [-0.1, -0.05) is 18.2 Å². The van der Waals surface area contributed by atoms with Crippen LogP contribution >= 0.6 is 11.3 Å². The van der Waals surface area contributed by atoms with E-state index in [2.05, 4.69) is 22.8 Å². The van der Waals surface area contributed by atoms with Crippen LogP contribution in [0.15, 0.2) is 41.8 Å². The summed E-state index contributed by atoms with van der Waals surface area (Å²) in [5, 5.41) is 5.66. The van der Waals surface area contributed by atoms with Gasteiger partial charge in [0, 0.05) is 10.6 Å². The highest BCUT2D eigenvalue weighted by atomic mass is 32.1. The van der Waals surface area contributed by atoms with Crippen LogP contribution in [0.1, 0.15) is 41.0 Å². The normalized spacial score (nSPS) is 15.5. The average Bonchev–Trinajstić information content (AvgIpc) is 3.19. The molecule has 3 nitrogen and oxygen atoms in total. The first kappa shape index (κ1) is 14.1. The van der Waals surface area contributed by atoms with E-state index in [0.29, 0.717) is 24.1 Å². The van der Waals surface area contributed by atoms with Crippen LogP contribution in [0.2, 0.25) is 0 Å². The molecule has 3 rings (SSSR count). The standard InChI is InChI=1S/C17H19NO2S/c1-2-20-17(19)13-6-3-4-7-14(13)18-16(12-9-10-12)15-8-5-11-21-15/h3-8,11-12,16,18H,2,9-10H2,1H3. The van der Waals surface area contributed by atoms with E-state index >= 15 is 0 Å². The Hall–Kier alpha value is -1.81. The van der Waals surface area contributed by atoms with Crippen LogP contribution in [0.5, 0.6) is 0 Å². The minimum atomic E-state index is -0.263. The number of anilines is 1. The zero-order chi connectivity index (χ0) is 14.7. The number of carbonyl (C=O) groups excluding carboxylic acids is 1. The van der Waals surface area contributed by atoms with Crippen LogP contribution in [0.25, 0.3) is 0 Å². The van der Waals surface area contributed by atoms with Gasteiger partial charge < -0.3 is 10.1 Å². The predicted octanol–water partition coefficient (Wildman–Crippen LogP) is 4.49. The summed E-state index contributed by atoms with van der Waals surface area (Å²) < 4.78 is 5.14. The summed E-state index contributed by atoms with van der Waals surface area (Å²) in [6.07, 6.45) is 2.49. The highest BCUT2D eigenvalue weighted by Crippen LogP contribution is 2.44. The second-order valence-corrected chi connectivity index (χ2v) is 6.22. The number of rotatable bonds is 6. The van der Waals surface area contributed by atoms with Crippen LogP contribution in [0, 0.1) is 5.92 Å². The topological polar surface area (TPSA) is 38.3 Å². The Bertz CT molecular complexity index is 605. The largest absolute Gasteiger partial charge is 0.462 e. The molecule has 1 heterocycles. The molecule has 0 saturated heterocycles. The van der Waals surface area contributed by atoms with E-state index in [1.807, 2.05) is 31.2 Å². The van der Waals surface area contributed by atoms with Crippen LogP contribution < -0.4 is 5.32 Å². The summed E-state index contributed by atoms with van der Waals surface area (Å²) >= 11 is 1.76. The van der Waals surface area contributed by atoms with Crippen molar-refractivity contribution in [2.24, 2.45) is 5.92 Å². The molecule has 1 aliphatic carbocycles. The van der Waals surface area contributed by atoms with E-state index in [0.717, 1.165) is 5.69 Å². The van der Waals surface area contributed by atoms with Gasteiger partial charge >= 0.3 is 5.97 Å². The van der Waals surface area contributed by atoms with Crippen LogP contribution in [0.4, 0.5) is 5.69 Å². The molecule has 0 radical (unpaired) electrons. The number of para-hydroxylation sites is 1. The Morgan fingerprint density at radius 1 is 1.33 bits per heavy atom. The Morgan fingerprint density at radius 3 is 2.81 bits per heavy atom. The number of thiophene rings is 1. The number of benzene rings is 1. The molecular formula is C17H19NO2S. The van der Waals surface area contributed by atoms with Gasteiger partial charge in [-0.15, -0.1) is 11.3 Å². The van der Waals surface area contributed by atoms with Gasteiger partial charge in [-0.3, -0.25) is 0 Å². The minimum Gasteiger partial charge on any atom is -0.462 e. The molecule has 1 atom stereocenters. The second kappa shape index (κ2) is 6.31. The zero-order valence-corrected chi connectivity index (χ0v) is 12.9. The van der Waals surface area contributed by atoms with Gasteiger partial charge in [0.25, 0.3) is 0 Å². The van der Waals surface area contributed by atoms with Crippen molar-refractivity contribution in [1.82, 2.24) is 0 Å². The molecule has 1 aromatic carbocycles. The maximum Gasteiger partial charge on any atom is 0.340 e. The molecule has 0 bridgehead atoms. The zero-order valence-electron chi connectivity index (χ0n) is 12.0. The number of ether oxygens (including phenoxy) is 1. The van der Waals surface area contributed by atoms with Crippen molar-refractivity contribution in [1.29, 1.82) is 0 Å². The summed E-state index contributed by atoms with van der Waals surface area (Å²) in [5.74, 6) is 0.403. The first-order valence-electron chi connectivity index (χ1n) is 7.35. The number of hydrogen-bond donors (Lipinski definition) is 1. The second-order valence-electron chi connectivity index (χ2n) is 5.24. The fourth-order valence-electron chi connectivity index (χ4n) is 2.48. The minimum absolute atomic E-state index is 0.263. The van der Waals surface area contributed by atoms with E-state index in [1.165, 1.54) is 17.7 Å². The summed E-state index contributed by atoms with van der Waals surface area (Å²) in [6, 6.07) is 12.1. The number of carbonyl (C=O) groups is 1. The fourth-order valence-corrected chi connectivity index (χ4v) is 3.35. The van der Waals surface area contributed by atoms with Crippen molar-refractivity contribution < 1.29 is 9.53 Å². The molecule has 2 aromatic rings. The first-order valence-corrected chi connectivity index (χ1v) is 8.23. The summed E-state index contributed by atoms with van der Waals surface area (Å²) in [7, 11) is 0. The molecule has 0 aliphatic heterocycles. The van der Waals surface area contributed by atoms with Gasteiger partial charge in [0.2, 0.25) is 0 Å². The molecule has 21 heavy (non-hydrogen) atoms. The lowest BCUT2D eigenvalue weighted by Gasteiger charge is -2.20. The van der Waals surface area contributed by atoms with Gasteiger partial charge in [0.05, 0.1) is 18.2 Å². The molecule has 1 aromatic heterocycles. The molecule has 1 unspecified atom stereocenters. The van der Waals surface area contributed by atoms with Gasteiger partial charge in [0.15, 0.2) is 0 Å². The first-order chi connectivity index (χ1) is 10.3. The Kier molecular flexibility index (Phi) is 4.25. The molecule has 4 heteroatoms. The highest BCUT2D eigenvalue weighted by molar-refractivity contribution is 7.10. The van der Waals surface area contributed by atoms with Crippen molar-refractivity contribution in [3.05, 3.63) is 52.2 Å².